The Labute approximate surface area is 204 Å². The van der Waals surface area contributed by atoms with Crippen LogP contribution in [0, 0.1) is 0 Å². The number of aryl methyl sites for hydroxylation is 1. The summed E-state index contributed by atoms with van der Waals surface area (Å²) in [4.78, 5) is 14.9. The van der Waals surface area contributed by atoms with Gasteiger partial charge in [0, 0.05) is 16.3 Å². The third-order valence-electron chi connectivity index (χ3n) is 7.23. The lowest BCUT2D eigenvalue weighted by atomic mass is 9.80. The zero-order valence-corrected chi connectivity index (χ0v) is 19.8. The first-order valence-corrected chi connectivity index (χ1v) is 12.2. The van der Waals surface area contributed by atoms with E-state index in [9.17, 15) is 4.79 Å². The van der Waals surface area contributed by atoms with Crippen LogP contribution in [0.4, 0.5) is 0 Å². The maximum absolute atomic E-state index is 11.7. The fourth-order valence-corrected chi connectivity index (χ4v) is 5.54. The van der Waals surface area contributed by atoms with Crippen molar-refractivity contribution in [2.24, 2.45) is 0 Å². The van der Waals surface area contributed by atoms with Gasteiger partial charge in [-0.3, -0.25) is 0 Å². The second-order valence-corrected chi connectivity index (χ2v) is 9.16. The Balaban J connectivity index is 0.000000131. The van der Waals surface area contributed by atoms with E-state index in [1.54, 1.807) is 17.2 Å². The number of hydrogen-bond donors (Lipinski definition) is 1. The zero-order valence-electron chi connectivity index (χ0n) is 19.8. The van der Waals surface area contributed by atoms with E-state index in [1.165, 1.54) is 54.7 Å². The third kappa shape index (κ3) is 3.74. The Morgan fingerprint density at radius 2 is 1.60 bits per heavy atom. The minimum absolute atomic E-state index is 0.317. The van der Waals surface area contributed by atoms with Crippen molar-refractivity contribution in [1.29, 1.82) is 0 Å². The summed E-state index contributed by atoms with van der Waals surface area (Å²) in [7, 11) is 1.39. The fraction of sp³-hybridized carbons (Fsp3) is 0.156. The number of methoxy groups -OCH3 is 1. The van der Waals surface area contributed by atoms with E-state index in [0.717, 1.165) is 21.8 Å². The number of carbonyl (C=O) groups is 1. The molecule has 1 N–H and O–H groups in total. The van der Waals surface area contributed by atoms with Crippen LogP contribution in [0.25, 0.3) is 38.2 Å². The largest absolute Gasteiger partial charge is 0.465 e. The standard InChI is InChI=1S/C18H16.C14H11NO2/c1-3-7-15-13(5-1)9-11-18-16-8-4-2-6-14(16)10-12-17(15)18;1-17-14(16)11-7-4-6-10-9-5-2-3-8-12(9)15-13(10)11/h1,3-5,7-9,11H,2,6,10,12H2;2-8,15H,1H3. The van der Waals surface area contributed by atoms with Gasteiger partial charge in [-0.2, -0.15) is 0 Å². The number of allylic oxidation sites excluding steroid dienone is 4. The Bertz CT molecular complexity index is 1650. The smallest absolute Gasteiger partial charge is 0.339 e. The van der Waals surface area contributed by atoms with E-state index in [1.807, 2.05) is 36.4 Å². The number of ether oxygens (including phenoxy) is 1. The first-order chi connectivity index (χ1) is 17.2. The molecule has 0 unspecified atom stereocenters. The molecule has 0 atom stereocenters. The molecule has 35 heavy (non-hydrogen) atoms. The molecule has 1 heterocycles. The van der Waals surface area contributed by atoms with Gasteiger partial charge in [0.15, 0.2) is 0 Å². The summed E-state index contributed by atoms with van der Waals surface area (Å²) >= 11 is 0. The summed E-state index contributed by atoms with van der Waals surface area (Å²) in [6.45, 7) is 0. The maximum atomic E-state index is 11.7. The molecule has 3 nitrogen and oxygen atoms in total. The number of H-pyrrole nitrogens is 1. The highest BCUT2D eigenvalue weighted by Crippen LogP contribution is 2.39. The number of carbonyl (C=O) groups excluding carboxylic acids is 1. The second kappa shape index (κ2) is 8.92. The highest BCUT2D eigenvalue weighted by molar-refractivity contribution is 6.13. The molecule has 0 amide bonds. The SMILES string of the molecule is C1=CC2=C(CC1)CCc1c2ccc2ccccc12.COC(=O)c1cccc2c1[nH]c1ccccc12. The number of para-hydroxylation sites is 2. The summed E-state index contributed by atoms with van der Waals surface area (Å²) in [5.41, 5.74) is 8.64. The molecule has 172 valence electrons. The zero-order chi connectivity index (χ0) is 23.8. The molecular weight excluding hydrogens is 430 g/mol. The quantitative estimate of drug-likeness (QED) is 0.259. The van der Waals surface area contributed by atoms with Gasteiger partial charge in [-0.1, -0.05) is 84.5 Å². The molecule has 2 aliphatic rings. The van der Waals surface area contributed by atoms with Gasteiger partial charge in [-0.25, -0.2) is 4.79 Å². The lowest BCUT2D eigenvalue weighted by Gasteiger charge is -2.25. The van der Waals surface area contributed by atoms with Crippen LogP contribution in [-0.4, -0.2) is 18.1 Å². The fourth-order valence-electron chi connectivity index (χ4n) is 5.54. The summed E-state index contributed by atoms with van der Waals surface area (Å²) in [5.74, 6) is -0.317. The number of benzene rings is 4. The molecule has 7 rings (SSSR count). The Morgan fingerprint density at radius 3 is 2.49 bits per heavy atom. The number of rotatable bonds is 1. The molecule has 0 radical (unpaired) electrons. The van der Waals surface area contributed by atoms with Crippen LogP contribution in [0.5, 0.6) is 0 Å². The highest BCUT2D eigenvalue weighted by Gasteiger charge is 2.20. The van der Waals surface area contributed by atoms with E-state index in [2.05, 4.69) is 53.5 Å². The summed E-state index contributed by atoms with van der Waals surface area (Å²) < 4.78 is 4.78. The van der Waals surface area contributed by atoms with Crippen LogP contribution in [0.1, 0.15) is 40.7 Å². The summed E-state index contributed by atoms with van der Waals surface area (Å²) in [6.07, 6.45) is 9.61. The van der Waals surface area contributed by atoms with E-state index < -0.39 is 0 Å². The van der Waals surface area contributed by atoms with Gasteiger partial charge in [0.1, 0.15) is 0 Å². The first kappa shape index (κ1) is 21.4. The lowest BCUT2D eigenvalue weighted by molar-refractivity contribution is 0.0603. The van der Waals surface area contributed by atoms with Crippen LogP contribution in [-0.2, 0) is 11.2 Å². The van der Waals surface area contributed by atoms with Crippen molar-refractivity contribution in [3.05, 3.63) is 113 Å². The molecule has 5 aromatic rings. The van der Waals surface area contributed by atoms with Gasteiger partial charge in [-0.05, 0) is 65.3 Å². The highest BCUT2D eigenvalue weighted by atomic mass is 16.5. The van der Waals surface area contributed by atoms with Crippen molar-refractivity contribution in [2.75, 3.05) is 7.11 Å². The minimum Gasteiger partial charge on any atom is -0.465 e. The molecule has 3 heteroatoms. The molecule has 0 saturated carbocycles. The van der Waals surface area contributed by atoms with Gasteiger partial charge in [0.2, 0.25) is 0 Å². The number of esters is 1. The third-order valence-corrected chi connectivity index (χ3v) is 7.23. The van der Waals surface area contributed by atoms with E-state index in [-0.39, 0.29) is 5.97 Å². The van der Waals surface area contributed by atoms with Crippen LogP contribution in [0.2, 0.25) is 0 Å². The molecule has 2 aliphatic carbocycles. The predicted molar refractivity (Wildman–Crippen MR) is 145 cm³/mol. The van der Waals surface area contributed by atoms with Crippen molar-refractivity contribution in [2.45, 2.75) is 25.7 Å². The maximum Gasteiger partial charge on any atom is 0.339 e. The summed E-state index contributed by atoms with van der Waals surface area (Å²) in [5, 5.41) is 4.98. The van der Waals surface area contributed by atoms with Gasteiger partial charge in [0.05, 0.1) is 18.2 Å². The molecule has 0 aliphatic heterocycles. The number of fused-ring (bicyclic) bond motifs is 7. The van der Waals surface area contributed by atoms with Crippen molar-refractivity contribution in [1.82, 2.24) is 4.98 Å². The van der Waals surface area contributed by atoms with E-state index in [0.29, 0.717) is 5.56 Å². The molecular formula is C32H27NO2. The van der Waals surface area contributed by atoms with Crippen molar-refractivity contribution in [3.8, 4) is 0 Å². The lowest BCUT2D eigenvalue weighted by Crippen LogP contribution is -2.06. The van der Waals surface area contributed by atoms with Crippen molar-refractivity contribution < 1.29 is 9.53 Å². The number of aromatic nitrogens is 1. The Hall–Kier alpha value is -4.11. The van der Waals surface area contributed by atoms with Crippen LogP contribution in [0.15, 0.2) is 96.6 Å². The predicted octanol–water partition coefficient (Wildman–Crippen LogP) is 8.00. The summed E-state index contributed by atoms with van der Waals surface area (Å²) in [6, 6.07) is 27.0. The minimum atomic E-state index is -0.317. The molecule has 1 aromatic heterocycles. The van der Waals surface area contributed by atoms with E-state index >= 15 is 0 Å². The average molecular weight is 458 g/mol. The molecule has 0 fully saturated rings. The number of nitrogens with one attached hydrogen (secondary N) is 1. The van der Waals surface area contributed by atoms with Crippen LogP contribution >= 0.6 is 0 Å². The normalized spacial score (nSPS) is 14.4. The van der Waals surface area contributed by atoms with E-state index in [4.69, 9.17) is 4.74 Å². The van der Waals surface area contributed by atoms with Gasteiger partial charge in [0.25, 0.3) is 0 Å². The van der Waals surface area contributed by atoms with Crippen LogP contribution in [0.3, 0.4) is 0 Å². The van der Waals surface area contributed by atoms with Crippen molar-refractivity contribution >= 4 is 44.1 Å². The Morgan fingerprint density at radius 1 is 0.800 bits per heavy atom. The second-order valence-electron chi connectivity index (χ2n) is 9.16. The first-order valence-electron chi connectivity index (χ1n) is 12.2. The molecule has 4 aromatic carbocycles. The molecule has 0 saturated heterocycles. The molecule has 0 bridgehead atoms. The Kier molecular flexibility index (Phi) is 5.46. The van der Waals surface area contributed by atoms with Crippen LogP contribution < -0.4 is 0 Å². The number of hydrogen-bond acceptors (Lipinski definition) is 2. The molecule has 0 spiro atoms. The van der Waals surface area contributed by atoms with Gasteiger partial charge < -0.3 is 9.72 Å². The van der Waals surface area contributed by atoms with Gasteiger partial charge in [-0.15, -0.1) is 0 Å². The number of aromatic amines is 1. The van der Waals surface area contributed by atoms with Gasteiger partial charge >= 0.3 is 5.97 Å². The average Bonchev–Trinajstić information content (AvgIpc) is 3.31. The topological polar surface area (TPSA) is 42.1 Å². The monoisotopic (exact) mass is 457 g/mol. The van der Waals surface area contributed by atoms with Crippen molar-refractivity contribution in [3.63, 3.8) is 0 Å².